The maximum atomic E-state index is 3.98. The largest absolute Gasteiger partial charge is 0.345 e. The standard InChI is InChI=1S/C9H6Br2N2/c10-6-1-2-8(11)7(3-6)9-4-12-5-13-9/h1-5H,(H,12,13). The minimum absolute atomic E-state index is 1.01. The molecule has 2 rings (SSSR count). The summed E-state index contributed by atoms with van der Waals surface area (Å²) in [6, 6.07) is 6.03. The molecule has 0 bridgehead atoms. The second kappa shape index (κ2) is 3.64. The van der Waals surface area contributed by atoms with E-state index in [0.29, 0.717) is 0 Å². The Morgan fingerprint density at radius 3 is 2.77 bits per heavy atom. The van der Waals surface area contributed by atoms with Gasteiger partial charge in [-0.1, -0.05) is 31.9 Å². The zero-order valence-electron chi connectivity index (χ0n) is 6.59. The molecule has 0 atom stereocenters. The smallest absolute Gasteiger partial charge is 0.0924 e. The van der Waals surface area contributed by atoms with Crippen molar-refractivity contribution in [3.8, 4) is 11.3 Å². The second-order valence-corrected chi connectivity index (χ2v) is 4.36. The number of aromatic amines is 1. The molecule has 0 aliphatic carbocycles. The first-order valence-electron chi connectivity index (χ1n) is 3.71. The summed E-state index contributed by atoms with van der Waals surface area (Å²) in [4.78, 5) is 7.04. The van der Waals surface area contributed by atoms with Gasteiger partial charge < -0.3 is 4.98 Å². The molecule has 0 amide bonds. The Morgan fingerprint density at radius 1 is 1.23 bits per heavy atom. The van der Waals surface area contributed by atoms with E-state index in [1.807, 2.05) is 18.2 Å². The summed E-state index contributed by atoms with van der Waals surface area (Å²) in [7, 11) is 0. The Morgan fingerprint density at radius 2 is 2.08 bits per heavy atom. The average molecular weight is 302 g/mol. The Kier molecular flexibility index (Phi) is 2.51. The van der Waals surface area contributed by atoms with Crippen LogP contribution in [-0.2, 0) is 0 Å². The van der Waals surface area contributed by atoms with Gasteiger partial charge in [-0.05, 0) is 18.2 Å². The van der Waals surface area contributed by atoms with Gasteiger partial charge in [0.15, 0.2) is 0 Å². The van der Waals surface area contributed by atoms with E-state index in [0.717, 1.165) is 20.2 Å². The molecule has 1 aromatic heterocycles. The predicted octanol–water partition coefficient (Wildman–Crippen LogP) is 3.60. The molecule has 4 heteroatoms. The Hall–Kier alpha value is -0.610. The van der Waals surface area contributed by atoms with Gasteiger partial charge in [0.2, 0.25) is 0 Å². The highest BCUT2D eigenvalue weighted by atomic mass is 79.9. The van der Waals surface area contributed by atoms with Crippen LogP contribution in [0.3, 0.4) is 0 Å². The van der Waals surface area contributed by atoms with Gasteiger partial charge in [0, 0.05) is 14.5 Å². The fraction of sp³-hybridized carbons (Fsp3) is 0. The maximum Gasteiger partial charge on any atom is 0.0924 e. The highest BCUT2D eigenvalue weighted by Crippen LogP contribution is 2.29. The number of benzene rings is 1. The Bertz CT molecular complexity index is 410. The molecule has 0 aliphatic rings. The van der Waals surface area contributed by atoms with Crippen LogP contribution in [0, 0.1) is 0 Å². The van der Waals surface area contributed by atoms with E-state index in [4.69, 9.17) is 0 Å². The number of hydrogen-bond acceptors (Lipinski definition) is 1. The van der Waals surface area contributed by atoms with Gasteiger partial charge in [-0.2, -0.15) is 0 Å². The summed E-state index contributed by atoms with van der Waals surface area (Å²) in [6.45, 7) is 0. The number of halogens is 2. The fourth-order valence-corrected chi connectivity index (χ4v) is 1.93. The first kappa shape index (κ1) is 8.97. The van der Waals surface area contributed by atoms with E-state index in [2.05, 4.69) is 41.8 Å². The predicted molar refractivity (Wildman–Crippen MR) is 59.4 cm³/mol. The maximum absolute atomic E-state index is 3.98. The molecule has 0 radical (unpaired) electrons. The first-order valence-corrected chi connectivity index (χ1v) is 5.30. The average Bonchev–Trinajstić information content (AvgIpc) is 2.61. The summed E-state index contributed by atoms with van der Waals surface area (Å²) in [5.41, 5.74) is 2.11. The van der Waals surface area contributed by atoms with E-state index in [9.17, 15) is 0 Å². The van der Waals surface area contributed by atoms with Crippen molar-refractivity contribution >= 4 is 31.9 Å². The monoisotopic (exact) mass is 300 g/mol. The zero-order valence-corrected chi connectivity index (χ0v) is 9.76. The van der Waals surface area contributed by atoms with Crippen LogP contribution >= 0.6 is 31.9 Å². The summed E-state index contributed by atoms with van der Waals surface area (Å²) in [5.74, 6) is 0. The van der Waals surface area contributed by atoms with Crippen molar-refractivity contribution in [2.45, 2.75) is 0 Å². The number of H-pyrrole nitrogens is 1. The van der Waals surface area contributed by atoms with Crippen LogP contribution in [0.1, 0.15) is 0 Å². The van der Waals surface area contributed by atoms with Gasteiger partial charge in [-0.15, -0.1) is 0 Å². The van der Waals surface area contributed by atoms with Crippen LogP contribution in [-0.4, -0.2) is 9.97 Å². The molecule has 0 saturated carbocycles. The first-order chi connectivity index (χ1) is 6.27. The fourth-order valence-electron chi connectivity index (χ4n) is 1.11. The molecular weight excluding hydrogens is 296 g/mol. The highest BCUT2D eigenvalue weighted by Gasteiger charge is 2.03. The number of nitrogens with zero attached hydrogens (tertiary/aromatic N) is 1. The van der Waals surface area contributed by atoms with Crippen LogP contribution in [0.5, 0.6) is 0 Å². The number of aromatic nitrogens is 2. The number of imidazole rings is 1. The zero-order chi connectivity index (χ0) is 9.26. The Balaban J connectivity index is 2.57. The molecule has 2 aromatic rings. The van der Waals surface area contributed by atoms with Gasteiger partial charge in [0.1, 0.15) is 0 Å². The molecule has 1 aromatic carbocycles. The number of hydrogen-bond donors (Lipinski definition) is 1. The van der Waals surface area contributed by atoms with Crippen LogP contribution in [0.2, 0.25) is 0 Å². The molecule has 2 nitrogen and oxygen atoms in total. The van der Waals surface area contributed by atoms with Gasteiger partial charge in [0.05, 0.1) is 18.2 Å². The van der Waals surface area contributed by atoms with E-state index in [-0.39, 0.29) is 0 Å². The minimum Gasteiger partial charge on any atom is -0.345 e. The molecule has 0 fully saturated rings. The Labute approximate surface area is 92.7 Å². The molecule has 13 heavy (non-hydrogen) atoms. The van der Waals surface area contributed by atoms with Gasteiger partial charge in [-0.3, -0.25) is 0 Å². The summed E-state index contributed by atoms with van der Waals surface area (Å²) in [5, 5.41) is 0. The van der Waals surface area contributed by atoms with Gasteiger partial charge in [-0.25, -0.2) is 4.98 Å². The lowest BCUT2D eigenvalue weighted by Gasteiger charge is -2.01. The molecular formula is C9H6Br2N2. The molecule has 0 unspecified atom stereocenters. The summed E-state index contributed by atoms with van der Waals surface area (Å²) < 4.78 is 2.11. The van der Waals surface area contributed by atoms with Crippen LogP contribution in [0.15, 0.2) is 39.7 Å². The molecule has 0 aliphatic heterocycles. The highest BCUT2D eigenvalue weighted by molar-refractivity contribution is 9.11. The van der Waals surface area contributed by atoms with E-state index >= 15 is 0 Å². The topological polar surface area (TPSA) is 28.7 Å². The third-order valence-corrected chi connectivity index (χ3v) is 2.90. The van der Waals surface area contributed by atoms with E-state index < -0.39 is 0 Å². The number of rotatable bonds is 1. The third kappa shape index (κ3) is 1.84. The molecule has 0 spiro atoms. The lowest BCUT2D eigenvalue weighted by Crippen LogP contribution is -1.79. The third-order valence-electron chi connectivity index (χ3n) is 1.72. The van der Waals surface area contributed by atoms with Crippen LogP contribution in [0.25, 0.3) is 11.3 Å². The quantitative estimate of drug-likeness (QED) is 0.856. The van der Waals surface area contributed by atoms with Crippen LogP contribution < -0.4 is 0 Å². The SMILES string of the molecule is Brc1ccc(Br)c(-c2cnc[nH]2)c1. The second-order valence-electron chi connectivity index (χ2n) is 2.59. The molecule has 1 heterocycles. The number of nitrogens with one attached hydrogen (secondary N) is 1. The van der Waals surface area contributed by atoms with E-state index in [1.165, 1.54) is 0 Å². The van der Waals surface area contributed by atoms with Gasteiger partial charge >= 0.3 is 0 Å². The van der Waals surface area contributed by atoms with Crippen molar-refractivity contribution in [1.29, 1.82) is 0 Å². The van der Waals surface area contributed by atoms with Crippen molar-refractivity contribution in [2.24, 2.45) is 0 Å². The lowest BCUT2D eigenvalue weighted by atomic mass is 10.2. The van der Waals surface area contributed by atoms with Crippen molar-refractivity contribution in [1.82, 2.24) is 9.97 Å². The van der Waals surface area contributed by atoms with E-state index in [1.54, 1.807) is 12.5 Å². The molecule has 0 saturated heterocycles. The molecule has 66 valence electrons. The summed E-state index contributed by atoms with van der Waals surface area (Å²) >= 11 is 6.91. The minimum atomic E-state index is 1.01. The van der Waals surface area contributed by atoms with Crippen LogP contribution in [0.4, 0.5) is 0 Å². The van der Waals surface area contributed by atoms with Crippen molar-refractivity contribution in [2.75, 3.05) is 0 Å². The van der Waals surface area contributed by atoms with Gasteiger partial charge in [0.25, 0.3) is 0 Å². The normalized spacial score (nSPS) is 10.3. The van der Waals surface area contributed by atoms with Crippen molar-refractivity contribution in [3.63, 3.8) is 0 Å². The summed E-state index contributed by atoms with van der Waals surface area (Å²) in [6.07, 6.45) is 3.47. The van der Waals surface area contributed by atoms with Crippen molar-refractivity contribution < 1.29 is 0 Å². The molecule has 1 N–H and O–H groups in total. The lowest BCUT2D eigenvalue weighted by molar-refractivity contribution is 1.31. The van der Waals surface area contributed by atoms with Crippen molar-refractivity contribution in [3.05, 3.63) is 39.7 Å².